The molecule has 0 aliphatic rings. The second kappa shape index (κ2) is 13.4. The van der Waals surface area contributed by atoms with Gasteiger partial charge in [-0.15, -0.1) is 0 Å². The van der Waals surface area contributed by atoms with Gasteiger partial charge in [0.1, 0.15) is 22.7 Å². The summed E-state index contributed by atoms with van der Waals surface area (Å²) in [6.07, 6.45) is -10.3. The molecule has 258 valence electrons. The number of nitrogens with zero attached hydrogens (tertiary/aromatic N) is 3. The van der Waals surface area contributed by atoms with Crippen LogP contribution in [-0.4, -0.2) is 58.1 Å². The summed E-state index contributed by atoms with van der Waals surface area (Å²) in [7, 11) is 1.14. The van der Waals surface area contributed by atoms with Gasteiger partial charge in [-0.3, -0.25) is 9.59 Å². The van der Waals surface area contributed by atoms with E-state index < -0.39 is 71.3 Å². The number of rotatable bonds is 11. The van der Waals surface area contributed by atoms with Gasteiger partial charge in [0.15, 0.2) is 0 Å². The summed E-state index contributed by atoms with van der Waals surface area (Å²) in [5.41, 5.74) is -2.68. The number of pyridine rings is 1. The average molecular weight is 710 g/mol. The Hall–Kier alpha value is -4.71. The van der Waals surface area contributed by atoms with Crippen molar-refractivity contribution in [1.82, 2.24) is 20.1 Å². The predicted molar refractivity (Wildman–Crippen MR) is 154 cm³/mol. The van der Waals surface area contributed by atoms with Crippen LogP contribution in [0.1, 0.15) is 40.7 Å². The Morgan fingerprint density at radius 2 is 1.79 bits per heavy atom. The Labute approximate surface area is 270 Å². The lowest BCUT2D eigenvalue weighted by Crippen LogP contribution is -2.51. The summed E-state index contributed by atoms with van der Waals surface area (Å²) in [6, 6.07) is 4.92. The Balaban J connectivity index is 1.83. The minimum Gasteiger partial charge on any atom is -0.494 e. The van der Waals surface area contributed by atoms with E-state index in [0.717, 1.165) is 37.6 Å². The van der Waals surface area contributed by atoms with Crippen LogP contribution in [0.25, 0.3) is 22.2 Å². The van der Waals surface area contributed by atoms with E-state index in [4.69, 9.17) is 26.8 Å². The van der Waals surface area contributed by atoms with Crippen molar-refractivity contribution in [3.8, 4) is 22.8 Å². The highest BCUT2D eigenvalue weighted by Gasteiger charge is 2.57. The highest BCUT2D eigenvalue weighted by atomic mass is 35.5. The molecule has 2 aromatic heterocycles. The van der Waals surface area contributed by atoms with Gasteiger partial charge >= 0.3 is 18.9 Å². The summed E-state index contributed by atoms with van der Waals surface area (Å²) >= 11 is 5.85. The van der Waals surface area contributed by atoms with Crippen molar-refractivity contribution in [1.29, 1.82) is 0 Å². The lowest BCUT2D eigenvalue weighted by atomic mass is 9.93. The Bertz CT molecular complexity index is 1860. The number of ether oxygens (including phenoxy) is 2. The fourth-order valence-electron chi connectivity index (χ4n) is 4.66. The highest BCUT2D eigenvalue weighted by Crippen LogP contribution is 2.43. The van der Waals surface area contributed by atoms with Crippen LogP contribution in [0.5, 0.6) is 11.5 Å². The number of alkyl halides is 8. The number of amides is 2. The van der Waals surface area contributed by atoms with E-state index in [9.17, 15) is 49.8 Å². The SMILES string of the molecule is CCOc1c(CC(N)=O)cc([C@@](O)(CNC(=O)c2cc(OC)c3nn(C(F)F)cc3c2)C(F)(F)F)nc1-c1ccc(C(F)(F)F)c(Cl)c1. The molecular weight excluding hydrogens is 686 g/mol. The number of benzene rings is 2. The summed E-state index contributed by atoms with van der Waals surface area (Å²) in [5.74, 6) is -2.74. The molecule has 0 saturated heterocycles. The third-order valence-electron chi connectivity index (χ3n) is 6.92. The minimum atomic E-state index is -5.57. The molecule has 2 heterocycles. The first kappa shape index (κ1) is 36.1. The van der Waals surface area contributed by atoms with Crippen molar-refractivity contribution >= 4 is 34.3 Å². The summed E-state index contributed by atoms with van der Waals surface area (Å²) < 4.78 is 121. The molecule has 0 fully saturated rings. The van der Waals surface area contributed by atoms with Gasteiger partial charge in [0.25, 0.3) is 5.91 Å². The van der Waals surface area contributed by atoms with Gasteiger partial charge in [-0.25, -0.2) is 9.67 Å². The first-order valence-electron chi connectivity index (χ1n) is 13.6. The van der Waals surface area contributed by atoms with Crippen LogP contribution in [-0.2, 0) is 23.0 Å². The third-order valence-corrected chi connectivity index (χ3v) is 7.23. The smallest absolute Gasteiger partial charge is 0.424 e. The number of carbonyl (C=O) groups is 2. The fourth-order valence-corrected chi connectivity index (χ4v) is 4.95. The first-order chi connectivity index (χ1) is 22.3. The van der Waals surface area contributed by atoms with Gasteiger partial charge in [-0.2, -0.15) is 40.2 Å². The molecule has 4 N–H and O–H groups in total. The Morgan fingerprint density at radius 1 is 1.10 bits per heavy atom. The van der Waals surface area contributed by atoms with Crippen molar-refractivity contribution in [3.05, 3.63) is 70.0 Å². The zero-order valence-electron chi connectivity index (χ0n) is 24.6. The molecule has 2 amide bonds. The number of nitrogens with two attached hydrogens (primary N) is 1. The molecule has 2 aromatic carbocycles. The van der Waals surface area contributed by atoms with Crippen LogP contribution < -0.4 is 20.5 Å². The van der Waals surface area contributed by atoms with Gasteiger partial charge in [0.05, 0.1) is 43.0 Å². The number of fused-ring (bicyclic) bond motifs is 1. The lowest BCUT2D eigenvalue weighted by molar-refractivity contribution is -0.265. The van der Waals surface area contributed by atoms with Gasteiger partial charge in [0.2, 0.25) is 11.5 Å². The molecule has 0 saturated carbocycles. The Morgan fingerprint density at radius 3 is 2.33 bits per heavy atom. The monoisotopic (exact) mass is 709 g/mol. The Kier molecular flexibility index (Phi) is 10.1. The minimum absolute atomic E-state index is 0.0185. The number of aromatic nitrogens is 3. The third kappa shape index (κ3) is 7.23. The topological polar surface area (TPSA) is 142 Å². The maximum Gasteiger partial charge on any atom is 0.424 e. The molecule has 48 heavy (non-hydrogen) atoms. The van der Waals surface area contributed by atoms with E-state index in [1.165, 1.54) is 6.92 Å². The van der Waals surface area contributed by atoms with E-state index in [1.807, 2.05) is 5.32 Å². The first-order valence-corrected chi connectivity index (χ1v) is 13.9. The molecule has 0 radical (unpaired) electrons. The van der Waals surface area contributed by atoms with Gasteiger partial charge in [-0.1, -0.05) is 17.7 Å². The molecule has 0 aliphatic heterocycles. The number of hydrogen-bond donors (Lipinski definition) is 3. The van der Waals surface area contributed by atoms with Crippen LogP contribution in [0.3, 0.4) is 0 Å². The summed E-state index contributed by atoms with van der Waals surface area (Å²) in [6.45, 7) is -3.31. The van der Waals surface area contributed by atoms with Gasteiger partial charge in [-0.05, 0) is 37.3 Å². The number of carbonyl (C=O) groups excluding carboxylic acids is 2. The summed E-state index contributed by atoms with van der Waals surface area (Å²) in [5, 5.41) is 15.9. The zero-order chi connectivity index (χ0) is 35.8. The van der Waals surface area contributed by atoms with Crippen LogP contribution >= 0.6 is 11.6 Å². The largest absolute Gasteiger partial charge is 0.494 e. The van der Waals surface area contributed by atoms with Crippen LogP contribution in [0.15, 0.2) is 42.6 Å². The normalized spacial score (nSPS) is 13.4. The van der Waals surface area contributed by atoms with E-state index in [1.54, 1.807) is 0 Å². The number of hydrogen-bond acceptors (Lipinski definition) is 7. The van der Waals surface area contributed by atoms with Gasteiger partial charge in [0, 0.05) is 28.3 Å². The standard InChI is InChI=1S/C29H24ClF8N5O5/c1-3-48-24-14(10-21(39)44)9-20(41-23(24)13-4-5-17(18(30)7-13)28(33,34)35)27(46,29(36,37)38)12-40-25(45)15-6-16-11-43(26(31)32)42-22(16)19(8-15)47-2/h4-9,11,26,46H,3,10,12H2,1-2H3,(H2,39,44)(H,40,45)/t27-/m0/s1. The second-order valence-corrected chi connectivity index (χ2v) is 10.6. The molecule has 0 bridgehead atoms. The molecule has 0 spiro atoms. The second-order valence-electron chi connectivity index (χ2n) is 10.2. The molecule has 0 aliphatic carbocycles. The van der Waals surface area contributed by atoms with Crippen molar-refractivity contribution in [2.45, 2.75) is 37.8 Å². The van der Waals surface area contributed by atoms with E-state index in [-0.39, 0.29) is 50.4 Å². The van der Waals surface area contributed by atoms with Gasteiger partial charge < -0.3 is 25.6 Å². The van der Waals surface area contributed by atoms with Crippen LogP contribution in [0, 0.1) is 0 Å². The van der Waals surface area contributed by atoms with E-state index >= 15 is 0 Å². The fraction of sp³-hybridized carbons (Fsp3) is 0.310. The van der Waals surface area contributed by atoms with Crippen LogP contribution in [0.2, 0.25) is 5.02 Å². The summed E-state index contributed by atoms with van der Waals surface area (Å²) in [4.78, 5) is 28.9. The number of aliphatic hydroxyl groups is 1. The number of methoxy groups -OCH3 is 1. The molecule has 0 unspecified atom stereocenters. The molecule has 1 atom stereocenters. The molecule has 19 heteroatoms. The van der Waals surface area contributed by atoms with Crippen molar-refractivity contribution < 1.29 is 59.3 Å². The van der Waals surface area contributed by atoms with Crippen molar-refractivity contribution in [2.75, 3.05) is 20.3 Å². The average Bonchev–Trinajstić information content (AvgIpc) is 3.43. The van der Waals surface area contributed by atoms with E-state index in [2.05, 4.69) is 10.1 Å². The quantitative estimate of drug-likeness (QED) is 0.168. The maximum atomic E-state index is 14.7. The van der Waals surface area contributed by atoms with E-state index in [0.29, 0.717) is 12.1 Å². The highest BCUT2D eigenvalue weighted by molar-refractivity contribution is 6.31. The van der Waals surface area contributed by atoms with Crippen molar-refractivity contribution in [3.63, 3.8) is 0 Å². The van der Waals surface area contributed by atoms with Crippen LogP contribution in [0.4, 0.5) is 35.1 Å². The molecular formula is C29H24ClF8N5O5. The molecule has 10 nitrogen and oxygen atoms in total. The number of primary amides is 1. The lowest BCUT2D eigenvalue weighted by Gasteiger charge is -2.31. The molecule has 4 aromatic rings. The number of halogens is 9. The number of nitrogens with one attached hydrogen (secondary N) is 1. The maximum absolute atomic E-state index is 14.7. The van der Waals surface area contributed by atoms with Crippen molar-refractivity contribution in [2.24, 2.45) is 5.73 Å². The zero-order valence-corrected chi connectivity index (χ0v) is 25.4. The molecule has 4 rings (SSSR count). The predicted octanol–water partition coefficient (Wildman–Crippen LogP) is 5.78.